The first-order valence-electron chi connectivity index (χ1n) is 6.87. The molecule has 108 valence electrons. The lowest BCUT2D eigenvalue weighted by Gasteiger charge is -2.10. The maximum absolute atomic E-state index is 9.83. The highest BCUT2D eigenvalue weighted by atomic mass is 32.2. The van der Waals surface area contributed by atoms with Gasteiger partial charge in [-0.15, -0.1) is 11.8 Å². The van der Waals surface area contributed by atoms with Crippen LogP contribution in [0, 0.1) is 0 Å². The van der Waals surface area contributed by atoms with Crippen molar-refractivity contribution in [3.05, 3.63) is 53.6 Å². The summed E-state index contributed by atoms with van der Waals surface area (Å²) in [6.45, 7) is 0.963. The number of rotatable bonds is 4. The van der Waals surface area contributed by atoms with Crippen molar-refractivity contribution in [1.29, 1.82) is 0 Å². The third-order valence-corrected chi connectivity index (χ3v) is 5.49. The van der Waals surface area contributed by atoms with Gasteiger partial charge < -0.3 is 10.4 Å². The number of hydrogen-bond donors (Lipinski definition) is 2. The number of phenols is 1. The Balaban J connectivity index is 2.05. The van der Waals surface area contributed by atoms with Crippen LogP contribution in [-0.2, 0) is 0 Å². The van der Waals surface area contributed by atoms with Gasteiger partial charge >= 0.3 is 0 Å². The molecule has 4 heteroatoms. The topological polar surface area (TPSA) is 32.3 Å². The first-order chi connectivity index (χ1) is 10.3. The molecule has 1 heterocycles. The van der Waals surface area contributed by atoms with E-state index in [9.17, 15) is 5.11 Å². The number of benzene rings is 2. The lowest BCUT2D eigenvalue weighted by atomic mass is 10.1. The Morgan fingerprint density at radius 3 is 2.86 bits per heavy atom. The third kappa shape index (κ3) is 3.28. The van der Waals surface area contributed by atoms with E-state index in [1.54, 1.807) is 17.8 Å². The maximum atomic E-state index is 9.83. The number of phenolic OH excluding ortho intramolecular Hbond substituents is 1. The fourth-order valence-corrected chi connectivity index (χ4v) is 4.38. The van der Waals surface area contributed by atoms with E-state index in [-0.39, 0.29) is 0 Å². The Morgan fingerprint density at radius 2 is 2.00 bits per heavy atom. The van der Waals surface area contributed by atoms with Crippen molar-refractivity contribution in [2.45, 2.75) is 9.79 Å². The molecule has 2 nitrogen and oxygen atoms in total. The summed E-state index contributed by atoms with van der Waals surface area (Å²) in [6, 6.07) is 14.1. The summed E-state index contributed by atoms with van der Waals surface area (Å²) in [4.78, 5) is 3.67. The zero-order valence-electron chi connectivity index (χ0n) is 11.8. The van der Waals surface area contributed by atoms with E-state index < -0.39 is 0 Å². The third-order valence-electron chi connectivity index (χ3n) is 3.26. The first-order valence-corrected chi connectivity index (χ1v) is 8.67. The summed E-state index contributed by atoms with van der Waals surface area (Å²) in [5.74, 6) is 1.32. The fraction of sp³-hybridized carbons (Fsp3) is 0.176. The molecular weight excluding hydrogens is 298 g/mol. The zero-order valence-corrected chi connectivity index (χ0v) is 13.4. The largest absolute Gasteiger partial charge is 0.508 e. The highest BCUT2D eigenvalue weighted by molar-refractivity contribution is 8.08. The van der Waals surface area contributed by atoms with E-state index in [0.717, 1.165) is 17.9 Å². The van der Waals surface area contributed by atoms with E-state index in [1.807, 2.05) is 30.9 Å². The van der Waals surface area contributed by atoms with Crippen LogP contribution in [0.3, 0.4) is 0 Å². The molecule has 0 amide bonds. The van der Waals surface area contributed by atoms with Crippen molar-refractivity contribution in [2.75, 3.05) is 19.3 Å². The molecule has 0 fully saturated rings. The molecule has 2 aromatic carbocycles. The maximum Gasteiger partial charge on any atom is 0.116 e. The molecule has 3 rings (SSSR count). The first kappa shape index (κ1) is 14.6. The van der Waals surface area contributed by atoms with Gasteiger partial charge in [0.15, 0.2) is 0 Å². The van der Waals surface area contributed by atoms with Crippen LogP contribution in [-0.4, -0.2) is 24.5 Å². The molecule has 0 atom stereocenters. The summed E-state index contributed by atoms with van der Waals surface area (Å²) >= 11 is 3.59. The lowest BCUT2D eigenvalue weighted by molar-refractivity contribution is 0.474. The Kier molecular flexibility index (Phi) is 4.58. The molecule has 0 aliphatic carbocycles. The predicted octanol–water partition coefficient (Wildman–Crippen LogP) is 4.31. The summed E-state index contributed by atoms with van der Waals surface area (Å²) in [5, 5.41) is 13.0. The molecular formula is C17H17NOS2. The second-order valence-electron chi connectivity index (χ2n) is 4.78. The molecule has 1 aliphatic heterocycles. The number of nitrogens with one attached hydrogen (secondary N) is 1. The second kappa shape index (κ2) is 6.60. The van der Waals surface area contributed by atoms with Gasteiger partial charge in [0.25, 0.3) is 0 Å². The average Bonchev–Trinajstić information content (AvgIpc) is 2.64. The van der Waals surface area contributed by atoms with Crippen molar-refractivity contribution >= 4 is 34.5 Å². The summed E-state index contributed by atoms with van der Waals surface area (Å²) in [7, 11) is 1.97. The van der Waals surface area contributed by atoms with Crippen LogP contribution in [0.1, 0.15) is 11.1 Å². The van der Waals surface area contributed by atoms with Crippen LogP contribution in [0.5, 0.6) is 5.75 Å². The molecule has 0 aromatic heterocycles. The Hall–Kier alpha value is -1.36. The minimum atomic E-state index is 0.320. The van der Waals surface area contributed by atoms with E-state index in [1.165, 1.54) is 20.3 Å². The molecule has 0 radical (unpaired) electrons. The normalized spacial score (nSPS) is 13.1. The van der Waals surface area contributed by atoms with Crippen LogP contribution < -0.4 is 5.32 Å². The number of thioether (sulfide) groups is 1. The Bertz CT molecular complexity index is 682. The Labute approximate surface area is 133 Å². The van der Waals surface area contributed by atoms with E-state index >= 15 is 0 Å². The zero-order chi connectivity index (χ0) is 14.7. The van der Waals surface area contributed by atoms with E-state index in [0.29, 0.717) is 5.75 Å². The SMILES string of the molecule is CNCCSC1=Cc2ccccc2Sc2ccc(O)cc21. The highest BCUT2D eigenvalue weighted by Crippen LogP contribution is 2.44. The lowest BCUT2D eigenvalue weighted by Crippen LogP contribution is -2.09. The summed E-state index contributed by atoms with van der Waals surface area (Å²) in [5.41, 5.74) is 2.36. The molecule has 2 N–H and O–H groups in total. The van der Waals surface area contributed by atoms with Crippen LogP contribution in [0.25, 0.3) is 11.0 Å². The summed E-state index contributed by atoms with van der Waals surface area (Å²) < 4.78 is 0. The highest BCUT2D eigenvalue weighted by Gasteiger charge is 2.16. The number of hydrogen-bond acceptors (Lipinski definition) is 4. The second-order valence-corrected chi connectivity index (χ2v) is 7.00. The van der Waals surface area contributed by atoms with Crippen LogP contribution in [0.15, 0.2) is 52.3 Å². The molecule has 0 saturated carbocycles. The summed E-state index contributed by atoms with van der Waals surface area (Å²) in [6.07, 6.45) is 2.23. The van der Waals surface area contributed by atoms with E-state index in [2.05, 4.69) is 35.7 Å². The van der Waals surface area contributed by atoms with Gasteiger partial charge in [-0.2, -0.15) is 0 Å². The quantitative estimate of drug-likeness (QED) is 0.824. The molecule has 1 aliphatic rings. The van der Waals surface area contributed by atoms with Gasteiger partial charge in [0.2, 0.25) is 0 Å². The van der Waals surface area contributed by atoms with Crippen LogP contribution in [0.2, 0.25) is 0 Å². The standard InChI is InChI=1S/C17H17NOS2/c1-18-8-9-20-17-10-12-4-2-3-5-15(12)21-16-7-6-13(19)11-14(16)17/h2-7,10-11,18-19H,8-9H2,1H3. The molecule has 0 unspecified atom stereocenters. The fourth-order valence-electron chi connectivity index (χ4n) is 2.21. The molecule has 0 bridgehead atoms. The molecule has 21 heavy (non-hydrogen) atoms. The predicted molar refractivity (Wildman–Crippen MR) is 92.9 cm³/mol. The van der Waals surface area contributed by atoms with Crippen LogP contribution in [0.4, 0.5) is 0 Å². The smallest absolute Gasteiger partial charge is 0.116 e. The monoisotopic (exact) mass is 315 g/mol. The van der Waals surface area contributed by atoms with E-state index in [4.69, 9.17) is 0 Å². The van der Waals surface area contributed by atoms with Crippen molar-refractivity contribution in [2.24, 2.45) is 0 Å². The number of aromatic hydroxyl groups is 1. The van der Waals surface area contributed by atoms with Crippen molar-refractivity contribution in [1.82, 2.24) is 5.32 Å². The molecule has 0 spiro atoms. The van der Waals surface area contributed by atoms with Gasteiger partial charge in [0.05, 0.1) is 0 Å². The van der Waals surface area contributed by atoms with Crippen molar-refractivity contribution in [3.8, 4) is 5.75 Å². The number of fused-ring (bicyclic) bond motifs is 2. The minimum Gasteiger partial charge on any atom is -0.508 e. The van der Waals surface area contributed by atoms with Gasteiger partial charge in [-0.05, 0) is 43.0 Å². The van der Waals surface area contributed by atoms with Gasteiger partial charge in [-0.1, -0.05) is 30.0 Å². The molecule has 2 aromatic rings. The van der Waals surface area contributed by atoms with Crippen molar-refractivity contribution < 1.29 is 5.11 Å². The van der Waals surface area contributed by atoms with Crippen LogP contribution >= 0.6 is 23.5 Å². The molecule has 0 saturated heterocycles. The average molecular weight is 315 g/mol. The van der Waals surface area contributed by atoms with Gasteiger partial charge in [-0.25, -0.2) is 0 Å². The minimum absolute atomic E-state index is 0.320. The van der Waals surface area contributed by atoms with Gasteiger partial charge in [-0.3, -0.25) is 0 Å². The van der Waals surface area contributed by atoms with Crippen molar-refractivity contribution in [3.63, 3.8) is 0 Å². The Morgan fingerprint density at radius 1 is 1.14 bits per heavy atom. The van der Waals surface area contributed by atoms with Gasteiger partial charge in [0, 0.05) is 32.6 Å². The van der Waals surface area contributed by atoms with Gasteiger partial charge in [0.1, 0.15) is 5.75 Å².